The van der Waals surface area contributed by atoms with Gasteiger partial charge in [0, 0.05) is 43.5 Å². The molecule has 1 aliphatic carbocycles. The van der Waals surface area contributed by atoms with Crippen LogP contribution >= 0.6 is 0 Å². The summed E-state index contributed by atoms with van der Waals surface area (Å²) in [7, 11) is 2.12. The Morgan fingerprint density at radius 1 is 1.40 bits per heavy atom. The van der Waals surface area contributed by atoms with Gasteiger partial charge in [-0.1, -0.05) is 12.2 Å². The van der Waals surface area contributed by atoms with E-state index in [1.807, 2.05) is 4.90 Å². The Morgan fingerprint density at radius 2 is 2.24 bits per heavy atom. The maximum absolute atomic E-state index is 13.2. The fraction of sp³-hybridized carbons (Fsp3) is 0.650. The minimum atomic E-state index is 0.0992. The Balaban J connectivity index is 1.73. The minimum absolute atomic E-state index is 0.0992. The number of nitrogens with one attached hydrogen (secondary N) is 1. The van der Waals surface area contributed by atoms with Gasteiger partial charge in [0.05, 0.1) is 12.7 Å². The lowest BCUT2D eigenvalue weighted by Gasteiger charge is -2.35. The van der Waals surface area contributed by atoms with E-state index < -0.39 is 0 Å². The smallest absolute Gasteiger partial charge is 0.226 e. The lowest BCUT2D eigenvalue weighted by Crippen LogP contribution is -2.48. The summed E-state index contributed by atoms with van der Waals surface area (Å²) < 4.78 is 5.93. The number of hydrogen-bond acceptors (Lipinski definition) is 3. The second-order valence-corrected chi connectivity index (χ2v) is 7.56. The molecular formula is C20H31N3O2. The number of nitrogens with zero attached hydrogens (tertiary/aromatic N) is 2. The molecule has 0 radical (unpaired) electrons. The van der Waals surface area contributed by atoms with E-state index in [0.717, 1.165) is 50.3 Å². The van der Waals surface area contributed by atoms with Crippen LogP contribution in [-0.2, 0) is 16.1 Å². The predicted molar refractivity (Wildman–Crippen MR) is 99.4 cm³/mol. The van der Waals surface area contributed by atoms with E-state index in [1.54, 1.807) is 0 Å². The SMILES string of the molecule is Cc1cc(CN(C[C@H]2CN(C)CCO2)C(=O)[C@@H]2CC=CCC2)c(C)[nH]1. The Kier molecular flexibility index (Phi) is 5.97. The first-order chi connectivity index (χ1) is 12.0. The van der Waals surface area contributed by atoms with Crippen molar-refractivity contribution in [3.05, 3.63) is 35.2 Å². The third kappa shape index (κ3) is 4.73. The molecule has 3 rings (SSSR count). The van der Waals surface area contributed by atoms with Crippen LogP contribution < -0.4 is 0 Å². The van der Waals surface area contributed by atoms with E-state index in [9.17, 15) is 4.79 Å². The van der Waals surface area contributed by atoms with Crippen molar-refractivity contribution in [3.63, 3.8) is 0 Å². The van der Waals surface area contributed by atoms with Crippen LogP contribution in [-0.4, -0.2) is 60.1 Å². The summed E-state index contributed by atoms with van der Waals surface area (Å²) in [6.07, 6.45) is 7.28. The Morgan fingerprint density at radius 3 is 2.88 bits per heavy atom. The van der Waals surface area contributed by atoms with Crippen LogP contribution in [0.1, 0.15) is 36.2 Å². The average Bonchev–Trinajstić information content (AvgIpc) is 2.92. The summed E-state index contributed by atoms with van der Waals surface area (Å²) in [6, 6.07) is 2.16. The van der Waals surface area contributed by atoms with Crippen LogP contribution in [0.4, 0.5) is 0 Å². The van der Waals surface area contributed by atoms with Gasteiger partial charge >= 0.3 is 0 Å². The number of allylic oxidation sites excluding steroid dienone is 2. The lowest BCUT2D eigenvalue weighted by molar-refractivity contribution is -0.139. The third-order valence-corrected chi connectivity index (χ3v) is 5.31. The van der Waals surface area contributed by atoms with E-state index >= 15 is 0 Å². The summed E-state index contributed by atoms with van der Waals surface area (Å²) in [4.78, 5) is 20.9. The summed E-state index contributed by atoms with van der Waals surface area (Å²) in [5.41, 5.74) is 3.51. The van der Waals surface area contributed by atoms with Gasteiger partial charge < -0.3 is 19.5 Å². The zero-order valence-corrected chi connectivity index (χ0v) is 15.8. The largest absolute Gasteiger partial charge is 0.374 e. The van der Waals surface area contributed by atoms with Gasteiger partial charge in [0.1, 0.15) is 0 Å². The van der Waals surface area contributed by atoms with Crippen molar-refractivity contribution in [1.29, 1.82) is 0 Å². The van der Waals surface area contributed by atoms with Crippen molar-refractivity contribution in [3.8, 4) is 0 Å². The molecule has 1 aromatic rings. The maximum atomic E-state index is 13.2. The number of aromatic nitrogens is 1. The molecule has 2 atom stereocenters. The monoisotopic (exact) mass is 345 g/mol. The standard InChI is InChI=1S/C20H31N3O2/c1-15-11-18(16(2)21-15)12-23(14-19-13-22(3)9-10-25-19)20(24)17-7-5-4-6-8-17/h4-5,11,17,19,21H,6-10,12-14H2,1-3H3/t17-,19-/m1/s1. The van der Waals surface area contributed by atoms with Gasteiger partial charge in [-0.2, -0.15) is 0 Å². The predicted octanol–water partition coefficient (Wildman–Crippen LogP) is 2.65. The van der Waals surface area contributed by atoms with E-state index in [1.165, 1.54) is 5.56 Å². The normalized spacial score (nSPS) is 24.4. The number of H-pyrrole nitrogens is 1. The average molecular weight is 345 g/mol. The van der Waals surface area contributed by atoms with Crippen LogP contribution in [0.2, 0.25) is 0 Å². The van der Waals surface area contributed by atoms with Crippen molar-refractivity contribution >= 4 is 5.91 Å². The first kappa shape index (κ1) is 18.2. The van der Waals surface area contributed by atoms with Crippen molar-refractivity contribution in [2.45, 2.75) is 45.8 Å². The van der Waals surface area contributed by atoms with Gasteiger partial charge in [-0.05, 0) is 51.8 Å². The van der Waals surface area contributed by atoms with E-state index in [0.29, 0.717) is 13.1 Å². The number of carbonyl (C=O) groups excluding carboxylic acids is 1. The highest BCUT2D eigenvalue weighted by atomic mass is 16.5. The molecule has 1 saturated heterocycles. The number of hydrogen-bond donors (Lipinski definition) is 1. The van der Waals surface area contributed by atoms with Gasteiger partial charge in [0.2, 0.25) is 5.91 Å². The number of ether oxygens (including phenoxy) is 1. The summed E-state index contributed by atoms with van der Waals surface area (Å²) in [5.74, 6) is 0.395. The van der Waals surface area contributed by atoms with Gasteiger partial charge in [-0.3, -0.25) is 4.79 Å². The van der Waals surface area contributed by atoms with Gasteiger partial charge in [-0.25, -0.2) is 0 Å². The van der Waals surface area contributed by atoms with Crippen molar-refractivity contribution in [2.24, 2.45) is 5.92 Å². The summed E-state index contributed by atoms with van der Waals surface area (Å²) >= 11 is 0. The zero-order valence-electron chi connectivity index (χ0n) is 15.8. The number of amides is 1. The zero-order chi connectivity index (χ0) is 17.8. The molecule has 1 aliphatic heterocycles. The Hall–Kier alpha value is -1.59. The van der Waals surface area contributed by atoms with E-state index in [2.05, 4.69) is 49.0 Å². The highest BCUT2D eigenvalue weighted by molar-refractivity contribution is 5.79. The molecule has 0 saturated carbocycles. The molecule has 0 aromatic carbocycles. The summed E-state index contributed by atoms with van der Waals surface area (Å²) in [6.45, 7) is 8.09. The molecule has 138 valence electrons. The Bertz CT molecular complexity index is 622. The molecule has 2 heterocycles. The van der Waals surface area contributed by atoms with Crippen molar-refractivity contribution < 1.29 is 9.53 Å². The molecule has 5 heteroatoms. The van der Waals surface area contributed by atoms with Crippen LogP contribution in [0.25, 0.3) is 0 Å². The van der Waals surface area contributed by atoms with Gasteiger partial charge in [0.15, 0.2) is 0 Å². The molecule has 0 bridgehead atoms. The maximum Gasteiger partial charge on any atom is 0.226 e. The number of aromatic amines is 1. The quantitative estimate of drug-likeness (QED) is 0.835. The Labute approximate surface area is 151 Å². The minimum Gasteiger partial charge on any atom is -0.374 e. The molecule has 0 unspecified atom stereocenters. The number of aryl methyl sites for hydroxylation is 2. The number of rotatable bonds is 5. The second kappa shape index (κ2) is 8.19. The van der Waals surface area contributed by atoms with Crippen molar-refractivity contribution in [2.75, 3.05) is 33.3 Å². The second-order valence-electron chi connectivity index (χ2n) is 7.56. The molecule has 1 amide bonds. The van der Waals surface area contributed by atoms with Gasteiger partial charge in [-0.15, -0.1) is 0 Å². The summed E-state index contributed by atoms with van der Waals surface area (Å²) in [5, 5.41) is 0. The van der Waals surface area contributed by atoms with Gasteiger partial charge in [0.25, 0.3) is 0 Å². The van der Waals surface area contributed by atoms with E-state index in [-0.39, 0.29) is 17.9 Å². The fourth-order valence-corrected chi connectivity index (χ4v) is 3.88. The number of morpholine rings is 1. The number of carbonyl (C=O) groups is 1. The molecule has 25 heavy (non-hydrogen) atoms. The van der Waals surface area contributed by atoms with Crippen LogP contribution in [0, 0.1) is 19.8 Å². The highest BCUT2D eigenvalue weighted by Gasteiger charge is 2.29. The fourth-order valence-electron chi connectivity index (χ4n) is 3.88. The van der Waals surface area contributed by atoms with Crippen molar-refractivity contribution in [1.82, 2.24) is 14.8 Å². The lowest BCUT2D eigenvalue weighted by atomic mass is 9.92. The van der Waals surface area contributed by atoms with Crippen LogP contribution in [0.3, 0.4) is 0 Å². The topological polar surface area (TPSA) is 48.6 Å². The molecule has 1 N–H and O–H groups in total. The molecule has 2 aliphatic rings. The molecule has 5 nitrogen and oxygen atoms in total. The molecule has 1 fully saturated rings. The molecule has 0 spiro atoms. The van der Waals surface area contributed by atoms with Crippen LogP contribution in [0.5, 0.6) is 0 Å². The molecule has 1 aromatic heterocycles. The first-order valence-electron chi connectivity index (χ1n) is 9.42. The third-order valence-electron chi connectivity index (χ3n) is 5.31. The number of likely N-dealkylation sites (N-methyl/N-ethyl adjacent to an activating group) is 1. The van der Waals surface area contributed by atoms with E-state index in [4.69, 9.17) is 4.74 Å². The van der Waals surface area contributed by atoms with Crippen LogP contribution in [0.15, 0.2) is 18.2 Å². The highest BCUT2D eigenvalue weighted by Crippen LogP contribution is 2.23. The first-order valence-corrected chi connectivity index (χ1v) is 9.42. The molecular weight excluding hydrogens is 314 g/mol.